The summed E-state index contributed by atoms with van der Waals surface area (Å²) in [6.45, 7) is 0. The molecule has 0 aromatic heterocycles. The highest BCUT2D eigenvalue weighted by molar-refractivity contribution is 7.80. The Morgan fingerprint density at radius 2 is 1.59 bits per heavy atom. The van der Waals surface area contributed by atoms with E-state index in [1.165, 1.54) is 33.5 Å². The molecule has 0 aliphatic heterocycles. The highest BCUT2D eigenvalue weighted by Gasteiger charge is 2.17. The molecule has 0 aliphatic rings. The average Bonchev–Trinajstić information content (AvgIpc) is 2.51. The van der Waals surface area contributed by atoms with E-state index in [1.807, 2.05) is 0 Å². The average molecular weight is 344 g/mol. The van der Waals surface area contributed by atoms with Crippen LogP contribution in [-0.2, 0) is 0 Å². The van der Waals surface area contributed by atoms with Crippen molar-refractivity contribution in [3.63, 3.8) is 0 Å². The number of hydrazine groups is 1. The molecule has 5 N–H and O–H groups in total. The normalized spacial score (nSPS) is 9.41. The molecule has 0 spiro atoms. The highest BCUT2D eigenvalue weighted by Crippen LogP contribution is 2.38. The molecule has 120 valence electrons. The van der Waals surface area contributed by atoms with Crippen molar-refractivity contribution >= 4 is 40.6 Å². The molecule has 0 fully saturated rings. The number of nitrogens with two attached hydrogens (primary N) is 1. The number of methoxy groups -OCH3 is 3. The fourth-order valence-corrected chi connectivity index (χ4v) is 1.73. The molecule has 1 rings (SSSR count). The highest BCUT2D eigenvalue weighted by atomic mass is 32.1. The number of ether oxygens (including phenoxy) is 3. The fourth-order valence-electron chi connectivity index (χ4n) is 1.54. The van der Waals surface area contributed by atoms with E-state index in [9.17, 15) is 4.79 Å². The zero-order valence-electron chi connectivity index (χ0n) is 12.2. The molecule has 0 aliphatic carbocycles. The number of carbonyl (C=O) groups is 1. The summed E-state index contributed by atoms with van der Waals surface area (Å²) in [6.07, 6.45) is 0. The standard InChI is InChI=1S/C12H16N4O4S2/c1-18-7-4-6(5-8(19-2)9(7)20-3)10(17)14-12(22)16-15-11(13)21/h4-5H,1-3H3,(H3,13,15,21)(H2,14,16,17,22). The van der Waals surface area contributed by atoms with E-state index in [-0.39, 0.29) is 15.8 Å². The van der Waals surface area contributed by atoms with Gasteiger partial charge in [-0.2, -0.15) is 0 Å². The van der Waals surface area contributed by atoms with Gasteiger partial charge in [-0.3, -0.25) is 21.0 Å². The summed E-state index contributed by atoms with van der Waals surface area (Å²) in [5.41, 5.74) is 10.4. The minimum atomic E-state index is -0.471. The van der Waals surface area contributed by atoms with Crippen LogP contribution in [0.25, 0.3) is 0 Å². The Morgan fingerprint density at radius 3 is 2.00 bits per heavy atom. The van der Waals surface area contributed by atoms with Gasteiger partial charge in [-0.1, -0.05) is 0 Å². The molecule has 0 heterocycles. The molecule has 8 nitrogen and oxygen atoms in total. The summed E-state index contributed by atoms with van der Waals surface area (Å²) < 4.78 is 15.5. The topological polar surface area (TPSA) is 107 Å². The first kappa shape index (κ1) is 17.7. The number of hydrogen-bond donors (Lipinski definition) is 4. The zero-order valence-corrected chi connectivity index (χ0v) is 13.8. The number of hydrogen-bond acceptors (Lipinski definition) is 6. The lowest BCUT2D eigenvalue weighted by Crippen LogP contribution is -2.50. The van der Waals surface area contributed by atoms with Gasteiger partial charge in [0.25, 0.3) is 5.91 Å². The smallest absolute Gasteiger partial charge is 0.257 e. The van der Waals surface area contributed by atoms with Gasteiger partial charge >= 0.3 is 0 Å². The van der Waals surface area contributed by atoms with Gasteiger partial charge in [0.15, 0.2) is 21.7 Å². The van der Waals surface area contributed by atoms with E-state index in [0.29, 0.717) is 17.2 Å². The molecular weight excluding hydrogens is 328 g/mol. The SMILES string of the molecule is COc1cc(C(=O)NC(=S)NNC(N)=S)cc(OC)c1OC. The Labute approximate surface area is 138 Å². The summed E-state index contributed by atoms with van der Waals surface area (Å²) in [5, 5.41) is 2.44. The van der Waals surface area contributed by atoms with Crippen molar-refractivity contribution in [3.8, 4) is 17.2 Å². The number of benzene rings is 1. The number of thiocarbonyl (C=S) groups is 2. The van der Waals surface area contributed by atoms with Gasteiger partial charge in [0.1, 0.15) is 0 Å². The summed E-state index contributed by atoms with van der Waals surface area (Å²) in [5.74, 6) is 0.623. The third kappa shape index (κ3) is 4.60. The lowest BCUT2D eigenvalue weighted by Gasteiger charge is -2.14. The Balaban J connectivity index is 2.94. The summed E-state index contributed by atoms with van der Waals surface area (Å²) in [7, 11) is 4.38. The van der Waals surface area contributed by atoms with Crippen molar-refractivity contribution in [2.24, 2.45) is 5.73 Å². The number of carbonyl (C=O) groups excluding carboxylic acids is 1. The maximum Gasteiger partial charge on any atom is 0.257 e. The maximum absolute atomic E-state index is 12.2. The van der Waals surface area contributed by atoms with Crippen molar-refractivity contribution < 1.29 is 19.0 Å². The van der Waals surface area contributed by atoms with Gasteiger partial charge in [-0.15, -0.1) is 0 Å². The van der Waals surface area contributed by atoms with Crippen molar-refractivity contribution in [3.05, 3.63) is 17.7 Å². The molecule has 0 unspecified atom stereocenters. The van der Waals surface area contributed by atoms with Crippen LogP contribution >= 0.6 is 24.4 Å². The lowest BCUT2D eigenvalue weighted by molar-refractivity contribution is 0.0975. The maximum atomic E-state index is 12.2. The van der Waals surface area contributed by atoms with Crippen molar-refractivity contribution in [2.45, 2.75) is 0 Å². The van der Waals surface area contributed by atoms with Crippen LogP contribution in [0.4, 0.5) is 0 Å². The van der Waals surface area contributed by atoms with Crippen LogP contribution in [0.15, 0.2) is 12.1 Å². The van der Waals surface area contributed by atoms with Crippen LogP contribution in [-0.4, -0.2) is 37.5 Å². The molecular formula is C12H16N4O4S2. The van der Waals surface area contributed by atoms with E-state index in [4.69, 9.17) is 32.2 Å². The van der Waals surface area contributed by atoms with E-state index >= 15 is 0 Å². The molecule has 22 heavy (non-hydrogen) atoms. The van der Waals surface area contributed by atoms with Gasteiger partial charge in [0.2, 0.25) is 5.75 Å². The second-order valence-electron chi connectivity index (χ2n) is 3.81. The number of rotatable bonds is 4. The minimum Gasteiger partial charge on any atom is -0.493 e. The van der Waals surface area contributed by atoms with E-state index in [2.05, 4.69) is 28.4 Å². The minimum absolute atomic E-state index is 0.00607. The van der Waals surface area contributed by atoms with Crippen LogP contribution in [0.2, 0.25) is 0 Å². The van der Waals surface area contributed by atoms with Crippen molar-refractivity contribution in [1.29, 1.82) is 0 Å². The van der Waals surface area contributed by atoms with Crippen molar-refractivity contribution in [2.75, 3.05) is 21.3 Å². The first-order valence-electron chi connectivity index (χ1n) is 5.89. The van der Waals surface area contributed by atoms with Crippen LogP contribution < -0.4 is 36.1 Å². The van der Waals surface area contributed by atoms with Gasteiger partial charge in [0.05, 0.1) is 21.3 Å². The van der Waals surface area contributed by atoms with Crippen LogP contribution in [0, 0.1) is 0 Å². The second-order valence-corrected chi connectivity index (χ2v) is 4.66. The third-order valence-corrected chi connectivity index (χ3v) is 2.76. The molecule has 0 radical (unpaired) electrons. The van der Waals surface area contributed by atoms with Crippen molar-refractivity contribution in [1.82, 2.24) is 16.2 Å². The van der Waals surface area contributed by atoms with Crippen LogP contribution in [0.3, 0.4) is 0 Å². The van der Waals surface area contributed by atoms with Gasteiger partial charge in [0, 0.05) is 5.56 Å². The lowest BCUT2D eigenvalue weighted by atomic mass is 10.1. The predicted molar refractivity (Wildman–Crippen MR) is 89.2 cm³/mol. The Kier molecular flexibility index (Phi) is 6.60. The molecule has 0 saturated carbocycles. The van der Waals surface area contributed by atoms with Gasteiger partial charge in [-0.25, -0.2) is 0 Å². The van der Waals surface area contributed by atoms with Crippen LogP contribution in [0.1, 0.15) is 10.4 Å². The molecule has 10 heteroatoms. The first-order valence-corrected chi connectivity index (χ1v) is 6.71. The molecule has 0 atom stereocenters. The van der Waals surface area contributed by atoms with E-state index in [0.717, 1.165) is 0 Å². The quantitative estimate of drug-likeness (QED) is 0.446. The first-order chi connectivity index (χ1) is 10.4. The monoisotopic (exact) mass is 344 g/mol. The molecule has 0 bridgehead atoms. The number of nitrogens with one attached hydrogen (secondary N) is 3. The van der Waals surface area contributed by atoms with Gasteiger partial charge < -0.3 is 19.9 Å². The largest absolute Gasteiger partial charge is 0.493 e. The summed E-state index contributed by atoms with van der Waals surface area (Å²) in [6, 6.07) is 3.00. The fraction of sp³-hybridized carbons (Fsp3) is 0.250. The second kappa shape index (κ2) is 8.20. The third-order valence-electron chi connectivity index (χ3n) is 2.45. The number of amides is 1. The molecule has 1 amide bonds. The van der Waals surface area contributed by atoms with E-state index in [1.54, 1.807) is 0 Å². The Morgan fingerprint density at radius 1 is 1.05 bits per heavy atom. The summed E-state index contributed by atoms with van der Waals surface area (Å²) >= 11 is 9.51. The summed E-state index contributed by atoms with van der Waals surface area (Å²) in [4.78, 5) is 12.2. The molecule has 1 aromatic rings. The zero-order chi connectivity index (χ0) is 16.7. The van der Waals surface area contributed by atoms with Gasteiger partial charge in [-0.05, 0) is 36.6 Å². The molecule has 0 saturated heterocycles. The molecule has 1 aromatic carbocycles. The predicted octanol–water partition coefficient (Wildman–Crippen LogP) is 0.0649. The Bertz CT molecular complexity index is 569. The van der Waals surface area contributed by atoms with E-state index < -0.39 is 5.91 Å². The Hall–Kier alpha value is -2.33. The van der Waals surface area contributed by atoms with Crippen LogP contribution in [0.5, 0.6) is 17.2 Å².